The normalized spacial score (nSPS) is 15.3. The van der Waals surface area contributed by atoms with Crippen molar-refractivity contribution in [2.24, 2.45) is 0 Å². The van der Waals surface area contributed by atoms with Gasteiger partial charge in [0.15, 0.2) is 11.5 Å². The zero-order valence-corrected chi connectivity index (χ0v) is 34.0. The quantitative estimate of drug-likeness (QED) is 0.127. The van der Waals surface area contributed by atoms with Crippen LogP contribution >= 0.6 is 15.9 Å². The molecule has 0 amide bonds. The number of halogens is 3. The Morgan fingerprint density at radius 1 is 0.768 bits per heavy atom. The Labute approximate surface area is 329 Å². The number of rotatable bonds is 11. The van der Waals surface area contributed by atoms with Crippen LogP contribution in [0.5, 0.6) is 23.0 Å². The predicted molar refractivity (Wildman–Crippen MR) is 202 cm³/mol. The summed E-state index contributed by atoms with van der Waals surface area (Å²) in [5.74, 6) is -6.05. The van der Waals surface area contributed by atoms with E-state index in [-0.39, 0.29) is 78.4 Å². The molecule has 56 heavy (non-hydrogen) atoms. The van der Waals surface area contributed by atoms with Gasteiger partial charge in [0.1, 0.15) is 33.0 Å². The minimum Gasteiger partial charge on any atom is -0.506 e. The average molecular weight is 844 g/mol. The Balaban J connectivity index is 1.68. The van der Waals surface area contributed by atoms with Crippen LogP contribution < -0.4 is 14.2 Å². The van der Waals surface area contributed by atoms with Crippen molar-refractivity contribution in [3.63, 3.8) is 0 Å². The Kier molecular flexibility index (Phi) is 12.7. The number of alkyl halides is 2. The molecule has 1 aliphatic rings. The van der Waals surface area contributed by atoms with Crippen molar-refractivity contribution >= 4 is 45.6 Å². The molecular formula is C41H41BrF2O12. The maximum Gasteiger partial charge on any atom is 0.356 e. The van der Waals surface area contributed by atoms with Crippen molar-refractivity contribution < 1.29 is 67.0 Å². The Morgan fingerprint density at radius 2 is 1.32 bits per heavy atom. The highest BCUT2D eigenvalue weighted by Gasteiger charge is 2.48. The number of carbonyl (C=O) groups excluding carboxylic acids is 4. The van der Waals surface area contributed by atoms with Gasteiger partial charge in [-0.05, 0) is 152 Å². The molecule has 0 heterocycles. The number of ketones is 1. The summed E-state index contributed by atoms with van der Waals surface area (Å²) >= 11 is 3.18. The van der Waals surface area contributed by atoms with Crippen LogP contribution in [0.15, 0.2) is 34.0 Å². The smallest absolute Gasteiger partial charge is 0.356 e. The molecule has 1 aliphatic carbocycles. The second-order valence-corrected chi connectivity index (χ2v) is 14.3. The lowest BCUT2D eigenvalue weighted by molar-refractivity contribution is -0.151. The molecule has 298 valence electrons. The third-order valence-electron chi connectivity index (χ3n) is 10.3. The van der Waals surface area contributed by atoms with E-state index >= 15 is 0 Å². The highest BCUT2D eigenvalue weighted by molar-refractivity contribution is 9.10. The van der Waals surface area contributed by atoms with Gasteiger partial charge in [-0.1, -0.05) is 0 Å². The molecule has 0 saturated heterocycles. The monoisotopic (exact) mass is 842 g/mol. The first-order valence-corrected chi connectivity index (χ1v) is 17.9. The molecule has 0 radical (unpaired) electrons. The highest BCUT2D eigenvalue weighted by atomic mass is 79.9. The van der Waals surface area contributed by atoms with E-state index in [9.17, 15) is 48.1 Å². The van der Waals surface area contributed by atoms with E-state index in [4.69, 9.17) is 18.9 Å². The average Bonchev–Trinajstić information content (AvgIpc) is 3.11. The van der Waals surface area contributed by atoms with Gasteiger partial charge in [0.05, 0.1) is 18.2 Å². The lowest BCUT2D eigenvalue weighted by Gasteiger charge is -2.30. The fourth-order valence-electron chi connectivity index (χ4n) is 6.67. The van der Waals surface area contributed by atoms with E-state index in [2.05, 4.69) is 15.9 Å². The molecule has 0 bridgehead atoms. The van der Waals surface area contributed by atoms with Crippen LogP contribution in [-0.2, 0) is 20.7 Å². The SMILES string of the molecule is COC1=CC(=O)C=C(C)[C@]1(O)C(=O)Oc1c(C)c(C)c(C(=O)Oc2cc(C)c(C(=O)Oc3c(C)c(C)c(C(=O)O)c(C)c3CCC(F)F)c(C)c2C)c(O)c1Br. The molecule has 0 aromatic heterocycles. The molecule has 3 N–H and O–H groups in total. The first kappa shape index (κ1) is 43.3. The summed E-state index contributed by atoms with van der Waals surface area (Å²) in [4.78, 5) is 64.9. The zero-order valence-electron chi connectivity index (χ0n) is 32.4. The Hall–Kier alpha value is -5.41. The van der Waals surface area contributed by atoms with Crippen molar-refractivity contribution in [2.75, 3.05) is 7.11 Å². The number of methoxy groups -OCH3 is 1. The third-order valence-corrected chi connectivity index (χ3v) is 11.0. The number of carboxylic acids is 1. The number of allylic oxidation sites excluding steroid dienone is 2. The number of phenolic OH excluding ortho intramolecular Hbond substituents is 1. The molecule has 0 aliphatic heterocycles. The van der Waals surface area contributed by atoms with E-state index < -0.39 is 53.9 Å². The van der Waals surface area contributed by atoms with Crippen molar-refractivity contribution in [3.05, 3.63) is 101 Å². The van der Waals surface area contributed by atoms with Gasteiger partial charge in [0.25, 0.3) is 0 Å². The largest absolute Gasteiger partial charge is 0.506 e. The molecule has 15 heteroatoms. The second kappa shape index (κ2) is 16.4. The first-order valence-electron chi connectivity index (χ1n) is 17.1. The first-order chi connectivity index (χ1) is 26.0. The summed E-state index contributed by atoms with van der Waals surface area (Å²) in [6.45, 7) is 13.6. The highest BCUT2D eigenvalue weighted by Crippen LogP contribution is 2.44. The third kappa shape index (κ3) is 7.69. The summed E-state index contributed by atoms with van der Waals surface area (Å²) < 4.78 is 48.6. The lowest BCUT2D eigenvalue weighted by atomic mass is 9.87. The van der Waals surface area contributed by atoms with E-state index in [0.29, 0.717) is 27.8 Å². The number of benzene rings is 3. The molecule has 0 fully saturated rings. The number of esters is 3. The minimum absolute atomic E-state index is 0.00571. The van der Waals surface area contributed by atoms with Crippen molar-refractivity contribution in [1.29, 1.82) is 0 Å². The lowest BCUT2D eigenvalue weighted by Crippen LogP contribution is -2.47. The molecule has 0 spiro atoms. The fourth-order valence-corrected chi connectivity index (χ4v) is 7.25. The second-order valence-electron chi connectivity index (χ2n) is 13.5. The van der Waals surface area contributed by atoms with E-state index in [1.54, 1.807) is 34.6 Å². The molecule has 1 atom stereocenters. The Bertz CT molecular complexity index is 2260. The maximum atomic E-state index is 13.8. The molecule has 0 unspecified atom stereocenters. The summed E-state index contributed by atoms with van der Waals surface area (Å²) in [7, 11) is 1.17. The van der Waals surface area contributed by atoms with E-state index in [1.807, 2.05) is 0 Å². The van der Waals surface area contributed by atoms with Crippen LogP contribution in [0.4, 0.5) is 8.78 Å². The van der Waals surface area contributed by atoms with Crippen LogP contribution in [0.2, 0.25) is 0 Å². The number of carboxylic acid groups (broad SMARTS) is 1. The van der Waals surface area contributed by atoms with Gasteiger partial charge in [0.2, 0.25) is 12.0 Å². The van der Waals surface area contributed by atoms with Crippen LogP contribution in [0.25, 0.3) is 0 Å². The topological polar surface area (TPSA) is 183 Å². The number of hydrogen-bond acceptors (Lipinski definition) is 11. The van der Waals surface area contributed by atoms with Gasteiger partial charge in [0, 0.05) is 12.5 Å². The minimum atomic E-state index is -2.68. The van der Waals surface area contributed by atoms with Gasteiger partial charge >= 0.3 is 23.9 Å². The molecular weight excluding hydrogens is 802 g/mol. The van der Waals surface area contributed by atoms with Crippen LogP contribution in [-0.4, -0.2) is 64.1 Å². The Morgan fingerprint density at radius 3 is 1.89 bits per heavy atom. The zero-order chi connectivity index (χ0) is 42.3. The maximum absolute atomic E-state index is 13.8. The molecule has 0 saturated carbocycles. The number of ether oxygens (including phenoxy) is 4. The standard InChI is InChI=1S/C41H41BrF2O12/c1-16-13-27(18(3)19(4)30(16)38(49)55-35-22(7)20(5)31(37(47)48)24(9)26(35)11-12-29(43)44)54-39(50)32-21(6)23(8)36(33(42)34(32)46)56-40(51)41(52)17(2)14-25(45)15-28(41)53-10/h13-15,29,46,52H,11-12H2,1-10H3,(H,47,48)/t41-/m1/s1. The summed E-state index contributed by atoms with van der Waals surface area (Å²) in [6, 6.07) is 1.42. The predicted octanol–water partition coefficient (Wildman–Crippen LogP) is 7.65. The van der Waals surface area contributed by atoms with Crippen molar-refractivity contribution in [1.82, 2.24) is 0 Å². The summed E-state index contributed by atoms with van der Waals surface area (Å²) in [6.07, 6.45) is -1.51. The fraction of sp³-hybridized carbons (Fsp3) is 0.341. The number of hydrogen-bond donors (Lipinski definition) is 3. The molecule has 3 aromatic carbocycles. The van der Waals surface area contributed by atoms with Gasteiger partial charge in [-0.25, -0.2) is 28.0 Å². The molecule has 4 rings (SSSR count). The van der Waals surface area contributed by atoms with Gasteiger partial charge in [-0.15, -0.1) is 0 Å². The summed E-state index contributed by atoms with van der Waals surface area (Å²) in [5.41, 5.74) is -0.344. The molecule has 3 aromatic rings. The number of aromatic carboxylic acids is 1. The van der Waals surface area contributed by atoms with Crippen LogP contribution in [0.3, 0.4) is 0 Å². The van der Waals surface area contributed by atoms with Crippen LogP contribution in [0, 0.1) is 55.4 Å². The molecule has 12 nitrogen and oxygen atoms in total. The number of phenols is 1. The van der Waals surface area contributed by atoms with Crippen molar-refractivity contribution in [3.8, 4) is 23.0 Å². The van der Waals surface area contributed by atoms with Crippen molar-refractivity contribution in [2.45, 2.75) is 87.2 Å². The number of carbonyl (C=O) groups is 5. The number of aromatic hydroxyl groups is 1. The summed E-state index contributed by atoms with van der Waals surface area (Å²) in [5, 5.41) is 32.3. The van der Waals surface area contributed by atoms with E-state index in [0.717, 1.165) is 12.2 Å². The van der Waals surface area contributed by atoms with Gasteiger partial charge < -0.3 is 34.3 Å². The number of aryl methyl sites for hydroxylation is 1. The van der Waals surface area contributed by atoms with Gasteiger partial charge in [-0.3, -0.25) is 4.79 Å². The van der Waals surface area contributed by atoms with Gasteiger partial charge in [-0.2, -0.15) is 0 Å². The van der Waals surface area contributed by atoms with Crippen LogP contribution in [0.1, 0.15) is 94.5 Å². The number of aliphatic hydroxyl groups is 1. The van der Waals surface area contributed by atoms with E-state index in [1.165, 1.54) is 40.9 Å².